The Morgan fingerprint density at radius 2 is 1.82 bits per heavy atom. The smallest absolute Gasteiger partial charge is 0.286 e. The first-order valence-corrected chi connectivity index (χ1v) is 8.85. The molecule has 2 aromatic rings. The van der Waals surface area contributed by atoms with E-state index in [1.54, 1.807) is 0 Å². The summed E-state index contributed by atoms with van der Waals surface area (Å²) in [5.41, 5.74) is 0.846. The number of fused-ring (bicyclic) bond motifs is 1. The number of nitro groups is 1. The lowest BCUT2D eigenvalue weighted by molar-refractivity contribution is -0.385. The van der Waals surface area contributed by atoms with Gasteiger partial charge in [0, 0.05) is 6.07 Å². The molecular formula is C20H22N2O6. The second-order valence-corrected chi connectivity index (χ2v) is 7.36. The van der Waals surface area contributed by atoms with Crippen molar-refractivity contribution in [1.82, 2.24) is 5.32 Å². The molecule has 0 unspecified atom stereocenters. The van der Waals surface area contributed by atoms with Gasteiger partial charge in [-0.1, -0.05) is 32.9 Å². The van der Waals surface area contributed by atoms with E-state index in [4.69, 9.17) is 14.2 Å². The molecule has 0 radical (unpaired) electrons. The minimum atomic E-state index is -0.621. The van der Waals surface area contributed by atoms with Crippen molar-refractivity contribution in [3.05, 3.63) is 57.6 Å². The van der Waals surface area contributed by atoms with E-state index in [2.05, 4.69) is 26.1 Å². The fourth-order valence-corrected chi connectivity index (χ4v) is 2.74. The van der Waals surface area contributed by atoms with E-state index < -0.39 is 10.8 Å². The lowest BCUT2D eigenvalue weighted by Gasteiger charge is -2.19. The first-order valence-electron chi connectivity index (χ1n) is 8.85. The van der Waals surface area contributed by atoms with E-state index in [0.717, 1.165) is 0 Å². The summed E-state index contributed by atoms with van der Waals surface area (Å²) in [5, 5.41) is 13.9. The topological polar surface area (TPSA) is 99.9 Å². The molecule has 1 aliphatic rings. The number of carbonyl (C=O) groups excluding carboxylic acids is 1. The van der Waals surface area contributed by atoms with Gasteiger partial charge in [-0.05, 0) is 23.1 Å². The lowest BCUT2D eigenvalue weighted by atomic mass is 9.87. The van der Waals surface area contributed by atoms with Gasteiger partial charge in [-0.25, -0.2) is 0 Å². The molecule has 1 amide bonds. The van der Waals surface area contributed by atoms with Crippen LogP contribution in [-0.4, -0.2) is 30.8 Å². The highest BCUT2D eigenvalue weighted by atomic mass is 16.7. The number of nitrogens with zero attached hydrogens (tertiary/aromatic N) is 1. The second kappa shape index (κ2) is 7.75. The Bertz CT molecular complexity index is 887. The maximum Gasteiger partial charge on any atom is 0.286 e. The van der Waals surface area contributed by atoms with E-state index in [0.29, 0.717) is 11.5 Å². The van der Waals surface area contributed by atoms with Crippen LogP contribution < -0.4 is 19.5 Å². The molecule has 0 spiro atoms. The molecule has 1 aliphatic heterocycles. The highest BCUT2D eigenvalue weighted by molar-refractivity contribution is 5.99. The van der Waals surface area contributed by atoms with Gasteiger partial charge >= 0.3 is 0 Å². The predicted octanol–water partition coefficient (Wildman–Crippen LogP) is 3.43. The van der Waals surface area contributed by atoms with Gasteiger partial charge in [0.1, 0.15) is 17.9 Å². The Labute approximate surface area is 162 Å². The minimum Gasteiger partial charge on any atom is -0.492 e. The SMILES string of the molecule is CC(C)(C)c1ccc(OCCNC(=O)c2cc3c(cc2[N+](=O)[O-])OCO3)cc1. The minimum absolute atomic E-state index is 0.0284. The molecule has 148 valence electrons. The van der Waals surface area contributed by atoms with E-state index >= 15 is 0 Å². The van der Waals surface area contributed by atoms with Gasteiger partial charge in [-0.15, -0.1) is 0 Å². The third-order valence-electron chi connectivity index (χ3n) is 4.31. The zero-order valence-electron chi connectivity index (χ0n) is 16.0. The molecule has 0 aliphatic carbocycles. The van der Waals surface area contributed by atoms with Crippen molar-refractivity contribution in [3.8, 4) is 17.2 Å². The third kappa shape index (κ3) is 4.33. The van der Waals surface area contributed by atoms with Gasteiger partial charge in [-0.2, -0.15) is 0 Å². The summed E-state index contributed by atoms with van der Waals surface area (Å²) in [5.74, 6) is 0.684. The largest absolute Gasteiger partial charge is 0.492 e. The molecule has 0 saturated heterocycles. The molecule has 0 aromatic heterocycles. The number of nitrogens with one attached hydrogen (secondary N) is 1. The Morgan fingerprint density at radius 1 is 1.18 bits per heavy atom. The van der Waals surface area contributed by atoms with Crippen LogP contribution in [0, 0.1) is 10.1 Å². The van der Waals surface area contributed by atoms with E-state index in [1.807, 2.05) is 24.3 Å². The Balaban J connectivity index is 1.57. The van der Waals surface area contributed by atoms with Crippen LogP contribution in [0.1, 0.15) is 36.7 Å². The monoisotopic (exact) mass is 386 g/mol. The summed E-state index contributed by atoms with van der Waals surface area (Å²) in [6.45, 7) is 6.80. The zero-order valence-corrected chi connectivity index (χ0v) is 16.0. The van der Waals surface area contributed by atoms with Crippen molar-refractivity contribution in [2.75, 3.05) is 19.9 Å². The fraction of sp³-hybridized carbons (Fsp3) is 0.350. The number of ether oxygens (including phenoxy) is 3. The molecule has 0 saturated carbocycles. The Kier molecular flexibility index (Phi) is 5.39. The standard InChI is InChI=1S/C20H22N2O6/c1-20(2,3)13-4-6-14(7-5-13)26-9-8-21-19(23)15-10-17-18(28-12-27-17)11-16(15)22(24)25/h4-7,10-11H,8-9,12H2,1-3H3,(H,21,23). The summed E-state index contributed by atoms with van der Waals surface area (Å²) in [7, 11) is 0. The quantitative estimate of drug-likeness (QED) is 0.464. The van der Waals surface area contributed by atoms with E-state index in [1.165, 1.54) is 17.7 Å². The molecule has 3 rings (SSSR count). The van der Waals surface area contributed by atoms with Crippen LogP contribution in [0.3, 0.4) is 0 Å². The van der Waals surface area contributed by atoms with Gasteiger partial charge in [0.15, 0.2) is 11.5 Å². The summed E-state index contributed by atoms with van der Waals surface area (Å²) in [6.07, 6.45) is 0. The average Bonchev–Trinajstić information content (AvgIpc) is 3.11. The normalized spacial score (nSPS) is 12.5. The van der Waals surface area contributed by atoms with Gasteiger partial charge < -0.3 is 19.5 Å². The maximum atomic E-state index is 12.4. The van der Waals surface area contributed by atoms with Crippen LogP contribution in [0.2, 0.25) is 0 Å². The number of hydrogen-bond acceptors (Lipinski definition) is 6. The molecule has 8 heteroatoms. The summed E-state index contributed by atoms with van der Waals surface area (Å²) in [4.78, 5) is 23.0. The van der Waals surface area contributed by atoms with Crippen LogP contribution in [0.4, 0.5) is 5.69 Å². The van der Waals surface area contributed by atoms with Crippen molar-refractivity contribution < 1.29 is 23.9 Å². The molecule has 8 nitrogen and oxygen atoms in total. The van der Waals surface area contributed by atoms with Gasteiger partial charge in [0.25, 0.3) is 11.6 Å². The number of amides is 1. The Hall–Kier alpha value is -3.29. The molecule has 1 N–H and O–H groups in total. The highest BCUT2D eigenvalue weighted by Crippen LogP contribution is 2.37. The molecule has 0 atom stereocenters. The molecular weight excluding hydrogens is 364 g/mol. The van der Waals surface area contributed by atoms with Gasteiger partial charge in [-0.3, -0.25) is 14.9 Å². The molecule has 0 bridgehead atoms. The van der Waals surface area contributed by atoms with Crippen LogP contribution in [0.25, 0.3) is 0 Å². The van der Waals surface area contributed by atoms with Crippen molar-refractivity contribution in [3.63, 3.8) is 0 Å². The maximum absolute atomic E-state index is 12.4. The predicted molar refractivity (Wildman–Crippen MR) is 102 cm³/mol. The first-order chi connectivity index (χ1) is 13.3. The number of rotatable bonds is 6. The highest BCUT2D eigenvalue weighted by Gasteiger charge is 2.27. The van der Waals surface area contributed by atoms with Crippen LogP contribution >= 0.6 is 0 Å². The van der Waals surface area contributed by atoms with Crippen molar-refractivity contribution in [2.45, 2.75) is 26.2 Å². The second-order valence-electron chi connectivity index (χ2n) is 7.36. The van der Waals surface area contributed by atoms with Crippen molar-refractivity contribution in [2.24, 2.45) is 0 Å². The zero-order chi connectivity index (χ0) is 20.3. The molecule has 28 heavy (non-hydrogen) atoms. The van der Waals surface area contributed by atoms with Crippen molar-refractivity contribution in [1.29, 1.82) is 0 Å². The van der Waals surface area contributed by atoms with Crippen LogP contribution in [0.15, 0.2) is 36.4 Å². The lowest BCUT2D eigenvalue weighted by Crippen LogP contribution is -2.28. The average molecular weight is 386 g/mol. The third-order valence-corrected chi connectivity index (χ3v) is 4.31. The van der Waals surface area contributed by atoms with Crippen LogP contribution in [0.5, 0.6) is 17.2 Å². The summed E-state index contributed by atoms with van der Waals surface area (Å²) in [6, 6.07) is 10.3. The van der Waals surface area contributed by atoms with Gasteiger partial charge in [0.2, 0.25) is 6.79 Å². The van der Waals surface area contributed by atoms with Crippen molar-refractivity contribution >= 4 is 11.6 Å². The number of benzene rings is 2. The van der Waals surface area contributed by atoms with E-state index in [-0.39, 0.29) is 42.4 Å². The van der Waals surface area contributed by atoms with Gasteiger partial charge in [0.05, 0.1) is 17.5 Å². The molecule has 0 fully saturated rings. The number of hydrogen-bond donors (Lipinski definition) is 1. The summed E-state index contributed by atoms with van der Waals surface area (Å²) < 4.78 is 15.9. The van der Waals surface area contributed by atoms with Crippen LogP contribution in [-0.2, 0) is 5.41 Å². The summed E-state index contributed by atoms with van der Waals surface area (Å²) >= 11 is 0. The Morgan fingerprint density at radius 3 is 2.43 bits per heavy atom. The van der Waals surface area contributed by atoms with E-state index in [9.17, 15) is 14.9 Å². The molecule has 2 aromatic carbocycles. The fourth-order valence-electron chi connectivity index (χ4n) is 2.74. The first kappa shape index (κ1) is 19.5. The number of carbonyl (C=O) groups is 1. The molecule has 1 heterocycles. The number of nitro benzene ring substituents is 1.